The normalized spacial score (nSPS) is 21.8. The minimum Gasteiger partial charge on any atom is -0.486 e. The van der Waals surface area contributed by atoms with Gasteiger partial charge in [0.25, 0.3) is 5.91 Å². The molecule has 1 unspecified atom stereocenters. The van der Waals surface area contributed by atoms with Crippen molar-refractivity contribution in [3.63, 3.8) is 0 Å². The molecule has 1 amide bonds. The van der Waals surface area contributed by atoms with E-state index in [1.807, 2.05) is 54.3 Å². The highest BCUT2D eigenvalue weighted by molar-refractivity contribution is 6.30. The number of morpholine rings is 1. The molecule has 0 aliphatic carbocycles. The van der Waals surface area contributed by atoms with Gasteiger partial charge in [0.15, 0.2) is 5.76 Å². The van der Waals surface area contributed by atoms with Crippen molar-refractivity contribution in [2.75, 3.05) is 44.7 Å². The number of likely N-dealkylation sites (N-methyl/N-ethyl adjacent to an activating group) is 1. The van der Waals surface area contributed by atoms with E-state index in [4.69, 9.17) is 16.3 Å². The molecule has 1 atom stereocenters. The van der Waals surface area contributed by atoms with Gasteiger partial charge in [-0.1, -0.05) is 41.9 Å². The molecule has 0 saturated carbocycles. The van der Waals surface area contributed by atoms with Crippen molar-refractivity contribution in [3.05, 3.63) is 70.4 Å². The number of amides is 1. The number of hydrogen-bond donors (Lipinski definition) is 0. The predicted octanol–water partition coefficient (Wildman–Crippen LogP) is 3.88. The summed E-state index contributed by atoms with van der Waals surface area (Å²) in [4.78, 5) is 19.8. The molecule has 2 aliphatic heterocycles. The fraction of sp³-hybridized carbons (Fsp3) is 0.375. The van der Waals surface area contributed by atoms with E-state index < -0.39 is 0 Å². The molecule has 0 N–H and O–H groups in total. The molecule has 0 radical (unpaired) electrons. The first-order chi connectivity index (χ1) is 14.5. The number of carbonyl (C=O) groups excluding carboxylic acids is 1. The number of nitrogens with zero attached hydrogens (tertiary/aromatic N) is 3. The monoisotopic (exact) mass is 425 g/mol. The lowest BCUT2D eigenvalue weighted by Crippen LogP contribution is -2.46. The number of halogens is 1. The molecule has 2 fully saturated rings. The van der Waals surface area contributed by atoms with Crippen LogP contribution in [-0.4, -0.2) is 61.6 Å². The Morgan fingerprint density at radius 3 is 2.50 bits per heavy atom. The molecular weight excluding hydrogens is 398 g/mol. The summed E-state index contributed by atoms with van der Waals surface area (Å²) in [6, 6.07) is 15.9. The largest absolute Gasteiger partial charge is 0.486 e. The Hall–Kier alpha value is -2.50. The number of benzene rings is 2. The van der Waals surface area contributed by atoms with E-state index in [0.717, 1.165) is 43.0 Å². The fourth-order valence-electron chi connectivity index (χ4n) is 3.91. The second-order valence-electron chi connectivity index (χ2n) is 8.08. The third-order valence-electron chi connectivity index (χ3n) is 5.82. The van der Waals surface area contributed by atoms with Crippen molar-refractivity contribution >= 4 is 29.3 Å². The van der Waals surface area contributed by atoms with Crippen molar-refractivity contribution in [1.82, 2.24) is 9.80 Å². The summed E-state index contributed by atoms with van der Waals surface area (Å²) in [5.74, 6) is 0.334. The number of anilines is 1. The Kier molecular flexibility index (Phi) is 6.30. The zero-order valence-electron chi connectivity index (χ0n) is 17.6. The van der Waals surface area contributed by atoms with E-state index in [9.17, 15) is 4.79 Å². The van der Waals surface area contributed by atoms with Crippen molar-refractivity contribution in [3.8, 4) is 0 Å². The molecule has 0 spiro atoms. The highest BCUT2D eigenvalue weighted by atomic mass is 35.5. The summed E-state index contributed by atoms with van der Waals surface area (Å²) in [7, 11) is 2.15. The van der Waals surface area contributed by atoms with Crippen LogP contribution in [0.2, 0.25) is 5.02 Å². The number of carbonyl (C=O) groups is 1. The minimum absolute atomic E-state index is 0.0122. The number of para-hydroxylation sites is 1. The van der Waals surface area contributed by atoms with Crippen LogP contribution in [-0.2, 0) is 16.1 Å². The first-order valence-electron chi connectivity index (χ1n) is 10.4. The third-order valence-corrected chi connectivity index (χ3v) is 6.07. The molecule has 4 rings (SSSR count). The van der Waals surface area contributed by atoms with Crippen LogP contribution in [0.5, 0.6) is 0 Å². The zero-order chi connectivity index (χ0) is 21.1. The highest BCUT2D eigenvalue weighted by Crippen LogP contribution is 2.27. The lowest BCUT2D eigenvalue weighted by molar-refractivity contribution is -0.139. The Labute approximate surface area is 183 Å². The second-order valence-corrected chi connectivity index (χ2v) is 8.51. The molecule has 0 aromatic heterocycles. The van der Waals surface area contributed by atoms with Gasteiger partial charge < -0.3 is 19.4 Å². The van der Waals surface area contributed by atoms with Crippen molar-refractivity contribution in [1.29, 1.82) is 0 Å². The topological polar surface area (TPSA) is 36.0 Å². The van der Waals surface area contributed by atoms with Crippen LogP contribution in [0.3, 0.4) is 0 Å². The Balaban J connectivity index is 1.56. The number of piperazine rings is 1. The van der Waals surface area contributed by atoms with Gasteiger partial charge in [-0.3, -0.25) is 4.79 Å². The maximum absolute atomic E-state index is 13.2. The average molecular weight is 426 g/mol. The van der Waals surface area contributed by atoms with Gasteiger partial charge in [-0.2, -0.15) is 0 Å². The molecule has 158 valence electrons. The summed E-state index contributed by atoms with van der Waals surface area (Å²) in [5, 5.41) is 0.696. The van der Waals surface area contributed by atoms with E-state index in [0.29, 0.717) is 23.9 Å². The number of ether oxygens (including phenoxy) is 1. The first kappa shape index (κ1) is 20.8. The van der Waals surface area contributed by atoms with Crippen LogP contribution in [0.25, 0.3) is 6.08 Å². The molecule has 2 aromatic carbocycles. The number of hydrogen-bond acceptors (Lipinski definition) is 4. The summed E-state index contributed by atoms with van der Waals surface area (Å²) >= 11 is 6.00. The van der Waals surface area contributed by atoms with E-state index in [1.54, 1.807) is 0 Å². The van der Waals surface area contributed by atoms with Crippen LogP contribution >= 0.6 is 11.6 Å². The molecule has 2 heterocycles. The zero-order valence-corrected chi connectivity index (χ0v) is 18.3. The average Bonchev–Trinajstić information content (AvgIpc) is 2.75. The van der Waals surface area contributed by atoms with Crippen molar-refractivity contribution < 1.29 is 9.53 Å². The van der Waals surface area contributed by atoms with Gasteiger partial charge >= 0.3 is 0 Å². The molecule has 2 aliphatic rings. The maximum atomic E-state index is 13.2. The summed E-state index contributed by atoms with van der Waals surface area (Å²) in [6.45, 7) is 7.07. The number of rotatable bonds is 4. The molecule has 5 nitrogen and oxygen atoms in total. The standard InChI is InChI=1S/C24H28ClN3O2/c1-18-17-30-23(24(29)28(18)16-19-7-9-21(25)10-8-19)15-20-5-3-4-6-22(20)27-13-11-26(2)12-14-27/h3-10,15,18H,11-14,16-17H2,1-2H3/b23-15-. The molecule has 0 bridgehead atoms. The van der Waals surface area contributed by atoms with Crippen LogP contribution < -0.4 is 4.90 Å². The van der Waals surface area contributed by atoms with Crippen LogP contribution in [0.1, 0.15) is 18.1 Å². The summed E-state index contributed by atoms with van der Waals surface area (Å²) < 4.78 is 5.87. The molecule has 2 aromatic rings. The minimum atomic E-state index is -0.0723. The summed E-state index contributed by atoms with van der Waals surface area (Å²) in [5.41, 5.74) is 3.22. The van der Waals surface area contributed by atoms with Gasteiger partial charge in [0.05, 0.1) is 6.04 Å². The van der Waals surface area contributed by atoms with Gasteiger partial charge in [0, 0.05) is 49.0 Å². The van der Waals surface area contributed by atoms with Gasteiger partial charge in [-0.15, -0.1) is 0 Å². The van der Waals surface area contributed by atoms with Gasteiger partial charge in [-0.05, 0) is 43.8 Å². The molecule has 2 saturated heterocycles. The summed E-state index contributed by atoms with van der Waals surface area (Å²) in [6.07, 6.45) is 1.90. The van der Waals surface area contributed by atoms with E-state index in [1.165, 1.54) is 0 Å². The SMILES string of the molecule is CC1CO/C(=C\c2ccccc2N2CCN(C)CC2)C(=O)N1Cc1ccc(Cl)cc1. The van der Waals surface area contributed by atoms with Crippen LogP contribution in [0.15, 0.2) is 54.3 Å². The molecule has 30 heavy (non-hydrogen) atoms. The molecular formula is C24H28ClN3O2. The van der Waals surface area contributed by atoms with Crippen molar-refractivity contribution in [2.24, 2.45) is 0 Å². The quantitative estimate of drug-likeness (QED) is 0.696. The molecule has 6 heteroatoms. The van der Waals surface area contributed by atoms with Crippen LogP contribution in [0, 0.1) is 0 Å². The fourth-order valence-corrected chi connectivity index (χ4v) is 4.03. The second kappa shape index (κ2) is 9.11. The highest BCUT2D eigenvalue weighted by Gasteiger charge is 2.30. The Morgan fingerprint density at radius 2 is 1.77 bits per heavy atom. The van der Waals surface area contributed by atoms with Gasteiger partial charge in [0.2, 0.25) is 0 Å². The maximum Gasteiger partial charge on any atom is 0.289 e. The lowest BCUT2D eigenvalue weighted by Gasteiger charge is -2.36. The smallest absolute Gasteiger partial charge is 0.289 e. The Morgan fingerprint density at radius 1 is 1.07 bits per heavy atom. The lowest BCUT2D eigenvalue weighted by atomic mass is 10.1. The van der Waals surface area contributed by atoms with Crippen LogP contribution in [0.4, 0.5) is 5.69 Å². The first-order valence-corrected chi connectivity index (χ1v) is 10.8. The van der Waals surface area contributed by atoms with Crippen molar-refractivity contribution in [2.45, 2.75) is 19.5 Å². The predicted molar refractivity (Wildman–Crippen MR) is 122 cm³/mol. The van der Waals surface area contributed by atoms with Gasteiger partial charge in [0.1, 0.15) is 6.61 Å². The van der Waals surface area contributed by atoms with E-state index >= 15 is 0 Å². The van der Waals surface area contributed by atoms with Gasteiger partial charge in [-0.25, -0.2) is 0 Å². The third kappa shape index (κ3) is 4.63. The van der Waals surface area contributed by atoms with E-state index in [2.05, 4.69) is 29.0 Å². The Bertz CT molecular complexity index is 920. The van der Waals surface area contributed by atoms with E-state index in [-0.39, 0.29) is 11.9 Å².